The highest BCUT2D eigenvalue weighted by Gasteiger charge is 2.27. The minimum Gasteiger partial charge on any atom is -0.510 e. The van der Waals surface area contributed by atoms with Gasteiger partial charge in [0, 0.05) is 49.6 Å². The lowest BCUT2D eigenvalue weighted by Crippen LogP contribution is -2.29. The summed E-state index contributed by atoms with van der Waals surface area (Å²) >= 11 is 9.21. The maximum Gasteiger partial charge on any atom is 0.338 e. The van der Waals surface area contributed by atoms with Crippen molar-refractivity contribution in [3.8, 4) is 0 Å². The molecule has 0 aliphatic heterocycles. The van der Waals surface area contributed by atoms with Crippen molar-refractivity contribution < 1.29 is 96.5 Å². The number of allylic oxidation sites excluding steroid dienone is 2. The number of esters is 5. The number of aliphatic hydroxyl groups excluding tert-OH is 3. The molecule has 604 valence electrons. The molecule has 0 saturated carbocycles. The van der Waals surface area contributed by atoms with Gasteiger partial charge >= 0.3 is 29.8 Å². The zero-order valence-electron chi connectivity index (χ0n) is 64.7. The number of aliphatic hydroxyl groups is 3. The van der Waals surface area contributed by atoms with Crippen LogP contribution in [-0.4, -0.2) is 147 Å². The normalized spacial score (nSPS) is 11.7. The standard InChI is InChI=1S/C37H38BrN5O10.C33H33N5O9.C8H8.C4H6Br2O/c1-21(44)30(39-20-25-19-24(34(48)51-5)9-16-29(25)35(49)52-6)32(46)40-26-12-14-27(15-13-26)41-33(47)31(22(2)45)43-42-28-10-7-23(8-11-28)17-18-53-36(50)37(3,4)38;1-19(40)28(34-18-23-17-22(32(44)46-3)7-14-27(23)33(45)47-4)30(42)35-24-10-12-25(13-11-24)36-31(43)29(20(2)41)38-37-26-8-5-21(6-9-26)15-16-39;1-2-8-6-4-3-5-7-8;1-4(2,6)3(5)7/h7-16,19,45H,17-18,20H2,1-6H3,(H,40,46)(H,41,47);5-14,17,39,41H,15-16,18H2,1-4H3,(H,35,42)(H,36,43);2-7H,1H2;1-2H3. The second kappa shape index (κ2) is 47.2. The van der Waals surface area contributed by atoms with Crippen LogP contribution in [0.2, 0.25) is 0 Å². The molecule has 0 bridgehead atoms. The summed E-state index contributed by atoms with van der Waals surface area (Å²) in [4.78, 5) is 155. The third-order valence-corrected chi connectivity index (χ3v) is 17.3. The van der Waals surface area contributed by atoms with Gasteiger partial charge in [-0.25, -0.2) is 19.2 Å². The van der Waals surface area contributed by atoms with E-state index in [0.29, 0.717) is 29.9 Å². The van der Waals surface area contributed by atoms with Crippen LogP contribution >= 0.6 is 47.8 Å². The molecule has 7 aromatic carbocycles. The van der Waals surface area contributed by atoms with Gasteiger partial charge in [-0.15, -0.1) is 10.2 Å². The number of rotatable bonds is 30. The quantitative estimate of drug-likeness (QED) is 0.00253. The summed E-state index contributed by atoms with van der Waals surface area (Å²) in [6, 6.07) is 43.7. The Morgan fingerprint density at radius 1 is 0.461 bits per heavy atom. The highest BCUT2D eigenvalue weighted by molar-refractivity contribution is 9.20. The Morgan fingerprint density at radius 3 is 1.09 bits per heavy atom. The Labute approximate surface area is 688 Å². The van der Waals surface area contributed by atoms with Gasteiger partial charge in [-0.1, -0.05) is 99.1 Å². The Balaban J connectivity index is 0.000000410. The number of ketones is 2. The van der Waals surface area contributed by atoms with Gasteiger partial charge in [0.2, 0.25) is 4.69 Å². The number of azo groups is 2. The monoisotopic (exact) mass is 1770 g/mol. The summed E-state index contributed by atoms with van der Waals surface area (Å²) < 4.78 is 23.0. The molecule has 0 atom stereocenters. The number of carbonyl (C=O) groups is 12. The van der Waals surface area contributed by atoms with Crippen LogP contribution in [0.25, 0.3) is 6.08 Å². The van der Waals surface area contributed by atoms with Crippen molar-refractivity contribution in [2.24, 2.45) is 30.4 Å². The summed E-state index contributed by atoms with van der Waals surface area (Å²) in [5, 5.41) is 55.3. The number of benzene rings is 7. The minimum absolute atomic E-state index is 0.00931. The highest BCUT2D eigenvalue weighted by atomic mass is 79.9. The van der Waals surface area contributed by atoms with E-state index in [1.165, 1.54) is 133 Å². The fourth-order valence-electron chi connectivity index (χ4n) is 9.00. The smallest absolute Gasteiger partial charge is 0.338 e. The Kier molecular flexibility index (Phi) is 38.9. The molecule has 7 N–H and O–H groups in total. The molecule has 0 aliphatic rings. The number of Topliss-reactive ketones (excluding diaryl/α,β-unsaturated/α-hetero) is 2. The van der Waals surface area contributed by atoms with E-state index in [2.05, 4.69) is 106 Å². The fraction of sp³-hybridized carbons (Fsp3) is 0.244. The number of halogens is 3. The third-order valence-electron chi connectivity index (χ3n) is 15.1. The highest BCUT2D eigenvalue weighted by Crippen LogP contribution is 2.25. The first-order chi connectivity index (χ1) is 54.4. The predicted octanol–water partition coefficient (Wildman–Crippen LogP) is 15.1. The fourth-order valence-corrected chi connectivity index (χ4v) is 9.11. The molecule has 0 spiro atoms. The number of hydrogen-bond donors (Lipinski definition) is 7. The molecule has 0 fully saturated rings. The first kappa shape index (κ1) is 94.9. The molecule has 30 nitrogen and oxygen atoms in total. The molecule has 0 aliphatic carbocycles. The summed E-state index contributed by atoms with van der Waals surface area (Å²) in [5.41, 5.74) is 4.26. The van der Waals surface area contributed by atoms with Crippen LogP contribution in [-0.2, 0) is 88.0 Å². The van der Waals surface area contributed by atoms with Crippen LogP contribution in [0, 0.1) is 0 Å². The molecule has 0 saturated heterocycles. The number of alkyl halides is 2. The number of ether oxygens (including phenoxy) is 5. The molecule has 0 aromatic heterocycles. The van der Waals surface area contributed by atoms with E-state index in [4.69, 9.17) is 28.8 Å². The van der Waals surface area contributed by atoms with Crippen molar-refractivity contribution in [3.63, 3.8) is 0 Å². The van der Waals surface area contributed by atoms with Crippen molar-refractivity contribution in [2.45, 2.75) is 90.0 Å². The first-order valence-electron chi connectivity index (χ1n) is 34.4. The molecule has 7 rings (SSSR count). The van der Waals surface area contributed by atoms with Crippen LogP contribution in [0.5, 0.6) is 0 Å². The van der Waals surface area contributed by atoms with E-state index >= 15 is 0 Å². The van der Waals surface area contributed by atoms with Gasteiger partial charge in [0.1, 0.15) is 15.8 Å². The van der Waals surface area contributed by atoms with Gasteiger partial charge in [-0.2, -0.15) is 10.2 Å². The molecule has 0 heterocycles. The van der Waals surface area contributed by atoms with Gasteiger partial charge < -0.3 is 60.3 Å². The maximum absolute atomic E-state index is 13.0. The molecule has 0 radical (unpaired) electrons. The van der Waals surface area contributed by atoms with E-state index in [0.717, 1.165) is 25.0 Å². The summed E-state index contributed by atoms with van der Waals surface area (Å²) in [6.45, 7) is 15.1. The topological polar surface area (TPSA) is 434 Å². The molecule has 4 amide bonds. The van der Waals surface area contributed by atoms with E-state index in [1.54, 1.807) is 76.2 Å². The number of nitrogens with zero attached hydrogens (tertiary/aromatic N) is 6. The van der Waals surface area contributed by atoms with Crippen LogP contribution < -0.4 is 21.3 Å². The Bertz CT molecular complexity index is 4870. The summed E-state index contributed by atoms with van der Waals surface area (Å²) in [6.07, 6.45) is 2.81. The molecule has 33 heteroatoms. The number of nitrogens with one attached hydrogen (secondary N) is 4. The van der Waals surface area contributed by atoms with E-state index in [-0.39, 0.29) is 110 Å². The van der Waals surface area contributed by atoms with Crippen molar-refractivity contribution in [3.05, 3.63) is 243 Å². The second-order valence-corrected chi connectivity index (χ2v) is 29.6. The van der Waals surface area contributed by atoms with E-state index < -0.39 is 79.1 Å². The van der Waals surface area contributed by atoms with Crippen molar-refractivity contribution in [1.82, 2.24) is 0 Å². The van der Waals surface area contributed by atoms with Gasteiger partial charge in [0.05, 0.1) is 86.1 Å². The molecular weight excluding hydrogens is 1680 g/mol. The lowest BCUT2D eigenvalue weighted by atomic mass is 10.0. The zero-order valence-corrected chi connectivity index (χ0v) is 69.5. The van der Waals surface area contributed by atoms with E-state index in [9.17, 15) is 67.7 Å². The zero-order chi connectivity index (χ0) is 85.7. The Morgan fingerprint density at radius 2 is 0.800 bits per heavy atom. The van der Waals surface area contributed by atoms with Crippen LogP contribution in [0.1, 0.15) is 125 Å². The lowest BCUT2D eigenvalue weighted by molar-refractivity contribution is -0.145. The second-order valence-electron chi connectivity index (χ2n) is 24.9. The van der Waals surface area contributed by atoms with Gasteiger partial charge in [0.25, 0.3) is 23.6 Å². The van der Waals surface area contributed by atoms with Gasteiger partial charge in [-0.3, -0.25) is 48.3 Å². The van der Waals surface area contributed by atoms with Crippen LogP contribution in [0.15, 0.2) is 224 Å². The number of carbonyl (C=O) groups excluding carboxylic acids is 12. The number of aliphatic imine (C=N–C) groups is 2. The molecule has 7 aromatic rings. The Hall–Kier alpha value is -12.5. The van der Waals surface area contributed by atoms with Crippen LogP contribution in [0.3, 0.4) is 0 Å². The van der Waals surface area contributed by atoms with Crippen molar-refractivity contribution >= 4 is 169 Å². The summed E-state index contributed by atoms with van der Waals surface area (Å²) in [5.74, 6) is -8.29. The average molecular weight is 1770 g/mol. The van der Waals surface area contributed by atoms with Crippen molar-refractivity contribution in [2.75, 3.05) is 62.9 Å². The average Bonchev–Trinajstić information content (AvgIpc) is 0.829. The van der Waals surface area contributed by atoms with Gasteiger partial charge in [-0.05, 0) is 201 Å². The summed E-state index contributed by atoms with van der Waals surface area (Å²) in [7, 11) is 4.77. The maximum atomic E-state index is 13.0. The third kappa shape index (κ3) is 32.3. The predicted molar refractivity (Wildman–Crippen MR) is 444 cm³/mol. The number of hydrogen-bond acceptors (Lipinski definition) is 26. The van der Waals surface area contributed by atoms with Crippen molar-refractivity contribution in [1.29, 1.82) is 0 Å². The first-order valence-corrected chi connectivity index (χ1v) is 36.8. The number of methoxy groups -OCH3 is 4. The van der Waals surface area contributed by atoms with Gasteiger partial charge in [0.15, 0.2) is 34.4 Å². The van der Waals surface area contributed by atoms with E-state index in [1.807, 2.05) is 36.4 Å². The van der Waals surface area contributed by atoms with Crippen LogP contribution in [0.4, 0.5) is 34.1 Å². The SMILES string of the molecule is C=Cc1ccccc1.CC(C)(Br)C(=O)Br.COC(=O)c1ccc(C(=O)OC)c(CN=C(C(C)=O)C(=O)Nc2ccc(NC(=O)C(N=Nc3ccc(CCO)cc3)=C(C)O)cc2)c1.COC(=O)c1ccc(C(=O)OC)c(CN=C(C(C)=O)C(=O)Nc2ccc(NC(=O)C(N=Nc3ccc(CCOC(=O)C(C)(C)Br)cc3)=C(C)O)cc2)c1. The number of anilines is 4. The number of amides is 4. The lowest BCUT2D eigenvalue weighted by Gasteiger charge is -2.14. The molecule has 115 heavy (non-hydrogen) atoms. The minimum atomic E-state index is -0.838. The molecular formula is C82H85Br3N10O20. The molecule has 0 unspecified atom stereocenters. The largest absolute Gasteiger partial charge is 0.510 e.